The van der Waals surface area contributed by atoms with Crippen molar-refractivity contribution in [3.8, 4) is 0 Å². The molecule has 2 aromatic heterocycles. The van der Waals surface area contributed by atoms with Crippen molar-refractivity contribution >= 4 is 16.7 Å². The fourth-order valence-electron chi connectivity index (χ4n) is 2.66. The Kier molecular flexibility index (Phi) is 2.75. The second-order valence-corrected chi connectivity index (χ2v) is 4.53. The van der Waals surface area contributed by atoms with E-state index in [4.69, 9.17) is 4.42 Å². The smallest absolute Gasteiger partial charge is 0.230 e. The standard InChI is InChI=1S/C16H15NO2/c1-3-17-11(2)15(12-7-4-5-8-13(12)17)16(18)14-9-6-10-19-14/h4-10H,3H2,1-2H3. The molecule has 3 nitrogen and oxygen atoms in total. The Balaban J connectivity index is 2.29. The van der Waals surface area contributed by atoms with E-state index in [9.17, 15) is 4.79 Å². The highest BCUT2D eigenvalue weighted by atomic mass is 16.3. The number of aromatic nitrogens is 1. The molecule has 3 heteroatoms. The van der Waals surface area contributed by atoms with Crippen LogP contribution in [0, 0.1) is 6.92 Å². The molecule has 0 N–H and O–H groups in total. The Labute approximate surface area is 111 Å². The van der Waals surface area contributed by atoms with Crippen LogP contribution >= 0.6 is 0 Å². The Morgan fingerprint density at radius 2 is 2.00 bits per heavy atom. The van der Waals surface area contributed by atoms with Crippen LogP contribution in [-0.2, 0) is 6.54 Å². The summed E-state index contributed by atoms with van der Waals surface area (Å²) in [7, 11) is 0. The molecule has 0 aliphatic rings. The third-order valence-corrected chi connectivity index (χ3v) is 3.52. The number of ketones is 1. The number of hydrogen-bond donors (Lipinski definition) is 0. The van der Waals surface area contributed by atoms with Crippen LogP contribution in [0.25, 0.3) is 10.9 Å². The molecule has 0 fully saturated rings. The molecule has 0 bridgehead atoms. The quantitative estimate of drug-likeness (QED) is 0.665. The van der Waals surface area contributed by atoms with Gasteiger partial charge in [-0.15, -0.1) is 0 Å². The average molecular weight is 253 g/mol. The maximum atomic E-state index is 12.6. The molecule has 96 valence electrons. The Morgan fingerprint density at radius 1 is 1.21 bits per heavy atom. The predicted octanol–water partition coefficient (Wildman–Crippen LogP) is 3.79. The molecule has 19 heavy (non-hydrogen) atoms. The molecule has 3 rings (SSSR count). The summed E-state index contributed by atoms with van der Waals surface area (Å²) in [5.41, 5.74) is 2.83. The molecule has 0 amide bonds. The number of carbonyl (C=O) groups excluding carboxylic acids is 1. The summed E-state index contributed by atoms with van der Waals surface area (Å²) in [6, 6.07) is 11.4. The minimum Gasteiger partial charge on any atom is -0.461 e. The maximum absolute atomic E-state index is 12.6. The summed E-state index contributed by atoms with van der Waals surface area (Å²) in [5, 5.41) is 0.989. The van der Waals surface area contributed by atoms with E-state index < -0.39 is 0 Å². The SMILES string of the molecule is CCn1c(C)c(C(=O)c2ccco2)c2ccccc21. The van der Waals surface area contributed by atoms with Gasteiger partial charge in [-0.05, 0) is 32.0 Å². The normalized spacial score (nSPS) is 11.1. The third-order valence-electron chi connectivity index (χ3n) is 3.52. The minimum absolute atomic E-state index is 0.0501. The summed E-state index contributed by atoms with van der Waals surface area (Å²) in [4.78, 5) is 12.6. The molecule has 0 aliphatic carbocycles. The third kappa shape index (κ3) is 1.70. The molecular weight excluding hydrogens is 238 g/mol. The molecule has 1 aromatic carbocycles. The van der Waals surface area contributed by atoms with Crippen molar-refractivity contribution < 1.29 is 9.21 Å². The highest BCUT2D eigenvalue weighted by Gasteiger charge is 2.21. The van der Waals surface area contributed by atoms with E-state index in [2.05, 4.69) is 11.5 Å². The molecule has 0 aliphatic heterocycles. The van der Waals surface area contributed by atoms with Crippen molar-refractivity contribution in [3.05, 3.63) is 59.7 Å². The van der Waals surface area contributed by atoms with Crippen LogP contribution in [0.5, 0.6) is 0 Å². The number of nitrogens with zero attached hydrogens (tertiary/aromatic N) is 1. The lowest BCUT2D eigenvalue weighted by Crippen LogP contribution is -2.03. The Morgan fingerprint density at radius 3 is 2.68 bits per heavy atom. The van der Waals surface area contributed by atoms with E-state index in [1.54, 1.807) is 12.1 Å². The largest absolute Gasteiger partial charge is 0.461 e. The lowest BCUT2D eigenvalue weighted by Gasteiger charge is -2.03. The van der Waals surface area contributed by atoms with Crippen LogP contribution in [0.15, 0.2) is 47.1 Å². The van der Waals surface area contributed by atoms with E-state index in [1.807, 2.05) is 31.2 Å². The molecule has 0 radical (unpaired) electrons. The van der Waals surface area contributed by atoms with Crippen LogP contribution in [0.1, 0.15) is 28.7 Å². The van der Waals surface area contributed by atoms with Gasteiger partial charge in [0.1, 0.15) is 0 Å². The van der Waals surface area contributed by atoms with Crippen molar-refractivity contribution in [2.24, 2.45) is 0 Å². The molecule has 0 saturated heterocycles. The van der Waals surface area contributed by atoms with Gasteiger partial charge in [0.2, 0.25) is 5.78 Å². The fraction of sp³-hybridized carbons (Fsp3) is 0.188. The molecule has 0 spiro atoms. The second kappa shape index (κ2) is 4.43. The summed E-state index contributed by atoms with van der Waals surface area (Å²) < 4.78 is 7.40. The molecule has 3 aromatic rings. The molecule has 2 heterocycles. The molecular formula is C16H15NO2. The number of rotatable bonds is 3. The van der Waals surface area contributed by atoms with Crippen molar-refractivity contribution in [2.75, 3.05) is 0 Å². The lowest BCUT2D eigenvalue weighted by atomic mass is 10.1. The van der Waals surface area contributed by atoms with Gasteiger partial charge in [-0.3, -0.25) is 4.79 Å². The van der Waals surface area contributed by atoms with Crippen LogP contribution in [-0.4, -0.2) is 10.4 Å². The zero-order valence-electron chi connectivity index (χ0n) is 11.0. The lowest BCUT2D eigenvalue weighted by molar-refractivity contribution is 0.101. The zero-order chi connectivity index (χ0) is 13.4. The van der Waals surface area contributed by atoms with Gasteiger partial charge in [-0.2, -0.15) is 0 Å². The number of fused-ring (bicyclic) bond motifs is 1. The Bertz CT molecular complexity index is 736. The monoisotopic (exact) mass is 253 g/mol. The van der Waals surface area contributed by atoms with Crippen LogP contribution in [0.4, 0.5) is 0 Å². The number of benzene rings is 1. The minimum atomic E-state index is -0.0501. The first-order valence-corrected chi connectivity index (χ1v) is 6.40. The van der Waals surface area contributed by atoms with E-state index in [0.717, 1.165) is 28.7 Å². The van der Waals surface area contributed by atoms with Gasteiger partial charge in [0, 0.05) is 23.1 Å². The molecule has 0 saturated carbocycles. The van der Waals surface area contributed by atoms with Crippen LogP contribution < -0.4 is 0 Å². The first-order chi connectivity index (χ1) is 9.24. The van der Waals surface area contributed by atoms with Gasteiger partial charge in [-0.1, -0.05) is 18.2 Å². The number of furan rings is 1. The first kappa shape index (κ1) is 11.8. The van der Waals surface area contributed by atoms with Crippen molar-refractivity contribution in [2.45, 2.75) is 20.4 Å². The summed E-state index contributed by atoms with van der Waals surface area (Å²) >= 11 is 0. The van der Waals surface area contributed by atoms with Crippen LogP contribution in [0.3, 0.4) is 0 Å². The highest BCUT2D eigenvalue weighted by molar-refractivity contribution is 6.16. The van der Waals surface area contributed by atoms with Gasteiger partial charge in [0.25, 0.3) is 0 Å². The van der Waals surface area contributed by atoms with E-state index in [-0.39, 0.29) is 5.78 Å². The van der Waals surface area contributed by atoms with Gasteiger partial charge >= 0.3 is 0 Å². The average Bonchev–Trinajstić information content (AvgIpc) is 3.03. The fourth-order valence-corrected chi connectivity index (χ4v) is 2.66. The highest BCUT2D eigenvalue weighted by Crippen LogP contribution is 2.28. The molecule has 0 unspecified atom stereocenters. The number of carbonyl (C=O) groups is 1. The first-order valence-electron chi connectivity index (χ1n) is 6.40. The van der Waals surface area contributed by atoms with Crippen molar-refractivity contribution in [3.63, 3.8) is 0 Å². The van der Waals surface area contributed by atoms with E-state index >= 15 is 0 Å². The topological polar surface area (TPSA) is 35.1 Å². The molecule has 0 atom stereocenters. The second-order valence-electron chi connectivity index (χ2n) is 4.53. The van der Waals surface area contributed by atoms with Gasteiger partial charge in [-0.25, -0.2) is 0 Å². The predicted molar refractivity (Wildman–Crippen MR) is 74.5 cm³/mol. The zero-order valence-corrected chi connectivity index (χ0v) is 11.0. The van der Waals surface area contributed by atoms with E-state index in [1.165, 1.54) is 6.26 Å². The number of para-hydroxylation sites is 1. The maximum Gasteiger partial charge on any atom is 0.230 e. The number of hydrogen-bond acceptors (Lipinski definition) is 2. The summed E-state index contributed by atoms with van der Waals surface area (Å²) in [6.07, 6.45) is 1.53. The van der Waals surface area contributed by atoms with Crippen LogP contribution in [0.2, 0.25) is 0 Å². The van der Waals surface area contributed by atoms with Gasteiger partial charge < -0.3 is 8.98 Å². The van der Waals surface area contributed by atoms with Crippen molar-refractivity contribution in [1.29, 1.82) is 0 Å². The summed E-state index contributed by atoms with van der Waals surface area (Å²) in [5.74, 6) is 0.341. The Hall–Kier alpha value is -2.29. The van der Waals surface area contributed by atoms with Gasteiger partial charge in [0.05, 0.1) is 11.8 Å². The van der Waals surface area contributed by atoms with Crippen molar-refractivity contribution in [1.82, 2.24) is 4.57 Å². The van der Waals surface area contributed by atoms with E-state index in [0.29, 0.717) is 5.76 Å². The summed E-state index contributed by atoms with van der Waals surface area (Å²) in [6.45, 7) is 4.91. The number of aryl methyl sites for hydroxylation is 1. The van der Waals surface area contributed by atoms with Gasteiger partial charge in [0.15, 0.2) is 5.76 Å².